The number of aliphatic hydroxyl groups excluding tert-OH is 1. The smallest absolute Gasteiger partial charge is 0.303 e. The van der Waals surface area contributed by atoms with E-state index in [4.69, 9.17) is 9.84 Å². The summed E-state index contributed by atoms with van der Waals surface area (Å²) in [6.07, 6.45) is 15.5. The Morgan fingerprint density at radius 1 is 1.08 bits per heavy atom. The van der Waals surface area contributed by atoms with Crippen molar-refractivity contribution < 1.29 is 19.7 Å². The van der Waals surface area contributed by atoms with Crippen LogP contribution in [-0.4, -0.2) is 35.5 Å². The van der Waals surface area contributed by atoms with Gasteiger partial charge >= 0.3 is 5.97 Å². The van der Waals surface area contributed by atoms with Crippen molar-refractivity contribution in [1.29, 1.82) is 0 Å². The molecule has 0 aromatic heterocycles. The number of hydrogen-bond acceptors (Lipinski definition) is 3. The highest BCUT2D eigenvalue weighted by Gasteiger charge is 2.26. The summed E-state index contributed by atoms with van der Waals surface area (Å²) in [6, 6.07) is 0. The SMILES string of the molecule is O=C(O)CCCCCC[C@@H]1COC[C@H]1/C=C/C(O)C1CCCCC1. The molecule has 1 heterocycles. The lowest BCUT2D eigenvalue weighted by Crippen LogP contribution is -2.21. The van der Waals surface area contributed by atoms with Gasteiger partial charge in [-0.25, -0.2) is 0 Å². The van der Waals surface area contributed by atoms with Crippen LogP contribution in [0.4, 0.5) is 0 Å². The minimum absolute atomic E-state index is 0.289. The normalized spacial score (nSPS) is 26.9. The third-order valence-corrected chi connectivity index (χ3v) is 5.65. The number of carbonyl (C=O) groups is 1. The van der Waals surface area contributed by atoms with Crippen molar-refractivity contribution in [2.75, 3.05) is 13.2 Å². The Labute approximate surface area is 146 Å². The van der Waals surface area contributed by atoms with Crippen LogP contribution in [0.3, 0.4) is 0 Å². The van der Waals surface area contributed by atoms with Gasteiger partial charge in [-0.05, 0) is 37.5 Å². The Bertz CT molecular complexity index is 387. The van der Waals surface area contributed by atoms with E-state index >= 15 is 0 Å². The number of ether oxygens (including phenoxy) is 1. The number of unbranched alkanes of at least 4 members (excludes halogenated alkanes) is 3. The molecule has 0 radical (unpaired) electrons. The molecule has 4 nitrogen and oxygen atoms in total. The van der Waals surface area contributed by atoms with Gasteiger partial charge in [-0.15, -0.1) is 0 Å². The molecule has 138 valence electrons. The van der Waals surface area contributed by atoms with Gasteiger partial charge in [0, 0.05) is 12.3 Å². The van der Waals surface area contributed by atoms with E-state index in [0.29, 0.717) is 17.8 Å². The summed E-state index contributed by atoms with van der Waals surface area (Å²) < 4.78 is 5.65. The van der Waals surface area contributed by atoms with Crippen LogP contribution < -0.4 is 0 Å². The molecule has 2 fully saturated rings. The average molecular weight is 338 g/mol. The van der Waals surface area contributed by atoms with E-state index in [1.807, 2.05) is 6.08 Å². The maximum Gasteiger partial charge on any atom is 0.303 e. The molecule has 2 rings (SSSR count). The van der Waals surface area contributed by atoms with Crippen molar-refractivity contribution in [3.8, 4) is 0 Å². The Kier molecular flexibility index (Phi) is 8.82. The van der Waals surface area contributed by atoms with Gasteiger partial charge in [-0.3, -0.25) is 4.79 Å². The Morgan fingerprint density at radius 2 is 1.83 bits per heavy atom. The average Bonchev–Trinajstić information content (AvgIpc) is 3.03. The van der Waals surface area contributed by atoms with Gasteiger partial charge in [0.2, 0.25) is 0 Å². The third kappa shape index (κ3) is 6.94. The lowest BCUT2D eigenvalue weighted by atomic mass is 9.84. The molecule has 1 saturated carbocycles. The molecule has 1 aliphatic carbocycles. The molecule has 3 atom stereocenters. The minimum atomic E-state index is -0.694. The molecular formula is C20H34O4. The summed E-state index contributed by atoms with van der Waals surface area (Å²) in [7, 11) is 0. The van der Waals surface area contributed by atoms with E-state index in [1.54, 1.807) is 0 Å². The first-order valence-corrected chi connectivity index (χ1v) is 9.82. The quantitative estimate of drug-likeness (QED) is 0.463. The highest BCUT2D eigenvalue weighted by atomic mass is 16.5. The maximum atomic E-state index is 10.5. The molecule has 1 aliphatic heterocycles. The van der Waals surface area contributed by atoms with Gasteiger partial charge < -0.3 is 14.9 Å². The zero-order chi connectivity index (χ0) is 17.2. The standard InChI is InChI=1S/C20H34O4/c21-19(16-8-5-3-6-9-16)13-12-18-15-24-14-17(18)10-4-1-2-7-11-20(22)23/h12-13,16-19,21H,1-11,14-15H2,(H,22,23)/b13-12+/t17-,18-,19?/m1/s1. The molecule has 1 unspecified atom stereocenters. The molecule has 0 aromatic carbocycles. The molecular weight excluding hydrogens is 304 g/mol. The van der Waals surface area contributed by atoms with Crippen molar-refractivity contribution in [1.82, 2.24) is 0 Å². The summed E-state index contributed by atoms with van der Waals surface area (Å²) in [4.78, 5) is 10.5. The molecule has 1 saturated heterocycles. The molecule has 0 aromatic rings. The predicted molar refractivity (Wildman–Crippen MR) is 94.9 cm³/mol. The van der Waals surface area contributed by atoms with Crippen LogP contribution in [0.2, 0.25) is 0 Å². The number of carboxylic acid groups (broad SMARTS) is 1. The molecule has 2 N–H and O–H groups in total. The van der Waals surface area contributed by atoms with Crippen LogP contribution in [0.25, 0.3) is 0 Å². The number of rotatable bonds is 10. The fraction of sp³-hybridized carbons (Fsp3) is 0.850. The molecule has 0 spiro atoms. The molecule has 2 aliphatic rings. The van der Waals surface area contributed by atoms with Crippen molar-refractivity contribution in [3.05, 3.63) is 12.2 Å². The van der Waals surface area contributed by atoms with Crippen LogP contribution in [-0.2, 0) is 9.53 Å². The second-order valence-electron chi connectivity index (χ2n) is 7.58. The van der Waals surface area contributed by atoms with E-state index in [-0.39, 0.29) is 12.5 Å². The Hall–Kier alpha value is -0.870. The first-order valence-electron chi connectivity index (χ1n) is 9.82. The van der Waals surface area contributed by atoms with Crippen LogP contribution in [0.15, 0.2) is 12.2 Å². The monoisotopic (exact) mass is 338 g/mol. The second-order valence-corrected chi connectivity index (χ2v) is 7.58. The summed E-state index contributed by atoms with van der Waals surface area (Å²) >= 11 is 0. The number of carboxylic acids is 1. The number of aliphatic hydroxyl groups is 1. The van der Waals surface area contributed by atoms with E-state index in [1.165, 1.54) is 19.3 Å². The first-order chi connectivity index (χ1) is 11.7. The van der Waals surface area contributed by atoms with E-state index in [9.17, 15) is 9.90 Å². The summed E-state index contributed by atoms with van der Waals surface area (Å²) in [5, 5.41) is 19.0. The molecule has 4 heteroatoms. The number of hydrogen-bond donors (Lipinski definition) is 2. The summed E-state index contributed by atoms with van der Waals surface area (Å²) in [5.41, 5.74) is 0. The highest BCUT2D eigenvalue weighted by molar-refractivity contribution is 5.66. The molecule has 24 heavy (non-hydrogen) atoms. The van der Waals surface area contributed by atoms with E-state index < -0.39 is 5.97 Å². The lowest BCUT2D eigenvalue weighted by Gasteiger charge is -2.25. The summed E-state index contributed by atoms with van der Waals surface area (Å²) in [6.45, 7) is 1.60. The topological polar surface area (TPSA) is 66.8 Å². The zero-order valence-corrected chi connectivity index (χ0v) is 14.9. The van der Waals surface area contributed by atoms with Crippen LogP contribution in [0.5, 0.6) is 0 Å². The Balaban J connectivity index is 1.64. The first kappa shape index (κ1) is 19.5. The van der Waals surface area contributed by atoms with Gasteiger partial charge in [0.05, 0.1) is 19.3 Å². The van der Waals surface area contributed by atoms with Crippen molar-refractivity contribution in [2.24, 2.45) is 17.8 Å². The van der Waals surface area contributed by atoms with Crippen molar-refractivity contribution >= 4 is 5.97 Å². The fourth-order valence-corrected chi connectivity index (χ4v) is 4.05. The van der Waals surface area contributed by atoms with E-state index in [2.05, 4.69) is 6.08 Å². The zero-order valence-electron chi connectivity index (χ0n) is 14.9. The largest absolute Gasteiger partial charge is 0.481 e. The van der Waals surface area contributed by atoms with Crippen molar-refractivity contribution in [3.63, 3.8) is 0 Å². The number of aliphatic carboxylic acids is 1. The van der Waals surface area contributed by atoms with Gasteiger partial charge in [0.25, 0.3) is 0 Å². The van der Waals surface area contributed by atoms with Crippen LogP contribution >= 0.6 is 0 Å². The third-order valence-electron chi connectivity index (χ3n) is 5.65. The highest BCUT2D eigenvalue weighted by Crippen LogP contribution is 2.30. The van der Waals surface area contributed by atoms with Gasteiger partial charge in [-0.1, -0.05) is 50.7 Å². The van der Waals surface area contributed by atoms with Gasteiger partial charge in [0.15, 0.2) is 0 Å². The van der Waals surface area contributed by atoms with Crippen LogP contribution in [0.1, 0.15) is 70.6 Å². The van der Waals surface area contributed by atoms with Gasteiger partial charge in [-0.2, -0.15) is 0 Å². The fourth-order valence-electron chi connectivity index (χ4n) is 4.05. The Morgan fingerprint density at radius 3 is 2.58 bits per heavy atom. The molecule has 0 amide bonds. The van der Waals surface area contributed by atoms with Crippen LogP contribution in [0, 0.1) is 17.8 Å². The lowest BCUT2D eigenvalue weighted by molar-refractivity contribution is -0.137. The van der Waals surface area contributed by atoms with Gasteiger partial charge in [0.1, 0.15) is 0 Å². The minimum Gasteiger partial charge on any atom is -0.481 e. The van der Waals surface area contributed by atoms with Crippen molar-refractivity contribution in [2.45, 2.75) is 76.7 Å². The predicted octanol–water partition coefficient (Wildman–Crippen LogP) is 4.17. The molecule has 0 bridgehead atoms. The summed E-state index contributed by atoms with van der Waals surface area (Å²) in [5.74, 6) is 0.743. The maximum absolute atomic E-state index is 10.5. The van der Waals surface area contributed by atoms with E-state index in [0.717, 1.165) is 58.2 Å². The second kappa shape index (κ2) is 10.9.